The molecule has 0 bridgehead atoms. The minimum atomic E-state index is -2.96. The predicted octanol–water partition coefficient (Wildman–Crippen LogP) is 4.42. The molecule has 0 spiro atoms. The Morgan fingerprint density at radius 2 is 1.31 bits per heavy atom. The standard InChI is InChI=1S/C29H35NO5Si/c1-22(26(27(31)33-5)30-28(32)34-21-23-15-9-6-10-16-23)35-36(29(2,3)4,24-17-11-7-12-18-24)25-19-13-8-14-20-25/h6-20,22,26H,21H2,1-5H3,(H,30,32)/t22-,26+/m1/s1. The molecule has 190 valence electrons. The normalized spacial score (nSPS) is 13.4. The van der Waals surface area contributed by atoms with Gasteiger partial charge in [-0.25, -0.2) is 9.59 Å². The van der Waals surface area contributed by atoms with Gasteiger partial charge in [-0.15, -0.1) is 0 Å². The number of benzene rings is 3. The number of carbonyl (C=O) groups excluding carboxylic acids is 2. The summed E-state index contributed by atoms with van der Waals surface area (Å²) in [7, 11) is -1.66. The van der Waals surface area contributed by atoms with E-state index in [-0.39, 0.29) is 11.6 Å². The monoisotopic (exact) mass is 505 g/mol. The van der Waals surface area contributed by atoms with Gasteiger partial charge < -0.3 is 19.2 Å². The fourth-order valence-corrected chi connectivity index (χ4v) is 9.13. The van der Waals surface area contributed by atoms with Gasteiger partial charge in [-0.3, -0.25) is 0 Å². The van der Waals surface area contributed by atoms with Crippen molar-refractivity contribution in [1.82, 2.24) is 5.32 Å². The number of hydrogen-bond donors (Lipinski definition) is 1. The van der Waals surface area contributed by atoms with Crippen LogP contribution in [0.4, 0.5) is 4.79 Å². The van der Waals surface area contributed by atoms with Gasteiger partial charge in [0.05, 0.1) is 13.2 Å². The van der Waals surface area contributed by atoms with Crippen LogP contribution in [0.2, 0.25) is 5.04 Å². The Labute approximate surface area is 214 Å². The molecule has 0 heterocycles. The molecule has 0 fully saturated rings. The Kier molecular flexibility index (Phi) is 9.07. The van der Waals surface area contributed by atoms with E-state index in [9.17, 15) is 9.59 Å². The molecule has 7 heteroatoms. The van der Waals surface area contributed by atoms with E-state index in [0.717, 1.165) is 15.9 Å². The highest BCUT2D eigenvalue weighted by Gasteiger charge is 2.52. The van der Waals surface area contributed by atoms with Crippen LogP contribution in [0.15, 0.2) is 91.0 Å². The highest BCUT2D eigenvalue weighted by atomic mass is 28.4. The molecule has 0 radical (unpaired) electrons. The third kappa shape index (κ3) is 6.22. The Morgan fingerprint density at radius 1 is 0.833 bits per heavy atom. The molecule has 3 rings (SSSR count). The second-order valence-electron chi connectivity index (χ2n) is 9.69. The lowest BCUT2D eigenvalue weighted by atomic mass is 10.2. The molecule has 1 amide bonds. The van der Waals surface area contributed by atoms with Crippen LogP contribution in [-0.2, 0) is 25.3 Å². The van der Waals surface area contributed by atoms with Crippen molar-refractivity contribution < 1.29 is 23.5 Å². The fraction of sp³-hybridized carbons (Fsp3) is 0.310. The first-order valence-electron chi connectivity index (χ1n) is 12.0. The molecule has 1 N–H and O–H groups in total. The highest BCUT2D eigenvalue weighted by molar-refractivity contribution is 6.99. The lowest BCUT2D eigenvalue weighted by Gasteiger charge is -2.45. The Morgan fingerprint density at radius 3 is 1.75 bits per heavy atom. The van der Waals surface area contributed by atoms with Crippen molar-refractivity contribution in [3.05, 3.63) is 96.6 Å². The number of hydrogen-bond acceptors (Lipinski definition) is 5. The van der Waals surface area contributed by atoms with Gasteiger partial charge >= 0.3 is 12.1 Å². The summed E-state index contributed by atoms with van der Waals surface area (Å²) in [4.78, 5) is 25.5. The molecule has 0 saturated heterocycles. The minimum Gasteiger partial charge on any atom is -0.467 e. The summed E-state index contributed by atoms with van der Waals surface area (Å²) >= 11 is 0. The first kappa shape index (κ1) is 27.2. The molecule has 0 aliphatic heterocycles. The number of amides is 1. The first-order valence-corrected chi connectivity index (χ1v) is 13.9. The van der Waals surface area contributed by atoms with Crippen LogP contribution >= 0.6 is 0 Å². The number of nitrogens with one attached hydrogen (secondary N) is 1. The third-order valence-corrected chi connectivity index (χ3v) is 11.3. The molecular weight excluding hydrogens is 470 g/mol. The molecule has 6 nitrogen and oxygen atoms in total. The lowest BCUT2D eigenvalue weighted by Crippen LogP contribution is -2.69. The average Bonchev–Trinajstić information content (AvgIpc) is 2.89. The van der Waals surface area contributed by atoms with Crippen molar-refractivity contribution in [3.63, 3.8) is 0 Å². The maximum atomic E-state index is 12.8. The van der Waals surface area contributed by atoms with Gasteiger partial charge in [0.2, 0.25) is 0 Å². The minimum absolute atomic E-state index is 0.0878. The topological polar surface area (TPSA) is 73.9 Å². The molecule has 36 heavy (non-hydrogen) atoms. The van der Waals surface area contributed by atoms with Gasteiger partial charge in [-0.2, -0.15) is 0 Å². The van der Waals surface area contributed by atoms with Crippen LogP contribution in [0.25, 0.3) is 0 Å². The first-order chi connectivity index (χ1) is 17.2. The molecule has 0 unspecified atom stereocenters. The summed E-state index contributed by atoms with van der Waals surface area (Å²) in [6, 6.07) is 28.5. The molecule has 0 aliphatic carbocycles. The Hall–Kier alpha value is -3.42. The van der Waals surface area contributed by atoms with Crippen LogP contribution in [0, 0.1) is 0 Å². The quantitative estimate of drug-likeness (QED) is 0.344. The summed E-state index contributed by atoms with van der Waals surface area (Å²) in [6.45, 7) is 8.34. The third-order valence-electron chi connectivity index (χ3n) is 6.19. The Balaban J connectivity index is 1.93. The largest absolute Gasteiger partial charge is 0.467 e. The Bertz CT molecular complexity index is 1080. The molecule has 3 aromatic rings. The maximum Gasteiger partial charge on any atom is 0.408 e. The number of rotatable bonds is 9. The summed E-state index contributed by atoms with van der Waals surface area (Å²) in [5.41, 5.74) is 0.846. The second kappa shape index (κ2) is 12.0. The molecule has 2 atom stereocenters. The number of carbonyl (C=O) groups is 2. The van der Waals surface area contributed by atoms with Gasteiger partial charge in [0.1, 0.15) is 6.61 Å². The van der Waals surface area contributed by atoms with Gasteiger partial charge in [-0.05, 0) is 27.9 Å². The maximum absolute atomic E-state index is 12.8. The number of esters is 1. The SMILES string of the molecule is COC(=O)[C@@H](NC(=O)OCc1ccccc1)[C@@H](C)O[Si](c1ccccc1)(c1ccccc1)C(C)(C)C. The lowest BCUT2D eigenvalue weighted by molar-refractivity contribution is -0.145. The van der Waals surface area contributed by atoms with E-state index in [1.807, 2.05) is 66.7 Å². The van der Waals surface area contributed by atoms with E-state index in [1.54, 1.807) is 6.92 Å². The van der Waals surface area contributed by atoms with Crippen molar-refractivity contribution in [1.29, 1.82) is 0 Å². The van der Waals surface area contributed by atoms with Crippen molar-refractivity contribution in [3.8, 4) is 0 Å². The molecule has 0 aliphatic rings. The van der Waals surface area contributed by atoms with Gasteiger partial charge in [0.25, 0.3) is 8.32 Å². The zero-order valence-corrected chi connectivity index (χ0v) is 22.6. The van der Waals surface area contributed by atoms with Gasteiger partial charge in [0.15, 0.2) is 6.04 Å². The van der Waals surface area contributed by atoms with Crippen LogP contribution in [0.5, 0.6) is 0 Å². The van der Waals surface area contributed by atoms with Crippen molar-refractivity contribution in [2.45, 2.75) is 51.5 Å². The highest BCUT2D eigenvalue weighted by Crippen LogP contribution is 2.37. The summed E-state index contributed by atoms with van der Waals surface area (Å²) in [5, 5.41) is 4.53. The van der Waals surface area contributed by atoms with E-state index >= 15 is 0 Å². The molecule has 0 saturated carbocycles. The molecule has 3 aromatic carbocycles. The average molecular weight is 506 g/mol. The number of methoxy groups -OCH3 is 1. The zero-order chi connectivity index (χ0) is 26.2. The molecule has 0 aromatic heterocycles. The van der Waals surface area contributed by atoms with Crippen molar-refractivity contribution in [2.75, 3.05) is 7.11 Å². The second-order valence-corrected chi connectivity index (χ2v) is 13.9. The van der Waals surface area contributed by atoms with Crippen LogP contribution in [0.3, 0.4) is 0 Å². The van der Waals surface area contributed by atoms with Crippen LogP contribution in [-0.4, -0.2) is 39.6 Å². The van der Waals surface area contributed by atoms with Crippen molar-refractivity contribution in [2.24, 2.45) is 0 Å². The zero-order valence-electron chi connectivity index (χ0n) is 21.6. The van der Waals surface area contributed by atoms with E-state index in [1.165, 1.54) is 7.11 Å². The van der Waals surface area contributed by atoms with Crippen LogP contribution < -0.4 is 15.7 Å². The molecular formula is C29H35NO5Si. The number of ether oxygens (including phenoxy) is 2. The summed E-state index contributed by atoms with van der Waals surface area (Å²) in [5.74, 6) is -0.600. The smallest absolute Gasteiger partial charge is 0.408 e. The van der Waals surface area contributed by atoms with Gasteiger partial charge in [0, 0.05) is 0 Å². The van der Waals surface area contributed by atoms with Gasteiger partial charge in [-0.1, -0.05) is 112 Å². The van der Waals surface area contributed by atoms with Crippen LogP contribution in [0.1, 0.15) is 33.3 Å². The van der Waals surface area contributed by atoms with E-state index in [0.29, 0.717) is 0 Å². The predicted molar refractivity (Wildman–Crippen MR) is 144 cm³/mol. The fourth-order valence-electron chi connectivity index (χ4n) is 4.42. The van der Waals surface area contributed by atoms with E-state index < -0.39 is 32.5 Å². The van der Waals surface area contributed by atoms with E-state index in [4.69, 9.17) is 13.9 Å². The van der Waals surface area contributed by atoms with E-state index in [2.05, 4.69) is 50.4 Å². The summed E-state index contributed by atoms with van der Waals surface area (Å²) in [6.07, 6.45) is -1.42. The number of alkyl carbamates (subject to hydrolysis) is 1. The summed E-state index contributed by atoms with van der Waals surface area (Å²) < 4.78 is 17.4. The van der Waals surface area contributed by atoms with Crippen molar-refractivity contribution >= 4 is 30.8 Å².